The van der Waals surface area contributed by atoms with Gasteiger partial charge in [-0.25, -0.2) is 8.78 Å². The molecule has 2 unspecified atom stereocenters. The number of benzene rings is 1. The van der Waals surface area contributed by atoms with Crippen LogP contribution in [0.25, 0.3) is 0 Å². The summed E-state index contributed by atoms with van der Waals surface area (Å²) in [5.74, 6) is -1.51. The Bertz CT molecular complexity index is 439. The van der Waals surface area contributed by atoms with E-state index in [1.807, 2.05) is 6.92 Å². The quantitative estimate of drug-likeness (QED) is 0.850. The number of carbonyl (C=O) groups excluding carboxylic acids is 1. The number of hydrogen-bond donors (Lipinski definition) is 2. The highest BCUT2D eigenvalue weighted by Crippen LogP contribution is 2.29. The van der Waals surface area contributed by atoms with Gasteiger partial charge < -0.3 is 10.6 Å². The van der Waals surface area contributed by atoms with Gasteiger partial charge in [0, 0.05) is 18.7 Å². The number of nitrogens with one attached hydrogen (secondary N) is 2. The van der Waals surface area contributed by atoms with Gasteiger partial charge in [-0.3, -0.25) is 4.79 Å². The minimum Gasteiger partial charge on any atom is -0.383 e. The lowest BCUT2D eigenvalue weighted by Gasteiger charge is -2.08. The average Bonchev–Trinajstić information content (AvgIpc) is 2.93. The molecule has 0 aromatic heterocycles. The van der Waals surface area contributed by atoms with Gasteiger partial charge in [-0.1, -0.05) is 6.92 Å². The zero-order valence-corrected chi connectivity index (χ0v) is 9.68. The van der Waals surface area contributed by atoms with Gasteiger partial charge in [0.25, 0.3) is 5.91 Å². The molecule has 0 bridgehead atoms. The Morgan fingerprint density at radius 1 is 1.35 bits per heavy atom. The molecule has 0 radical (unpaired) electrons. The Balaban J connectivity index is 2.18. The largest absolute Gasteiger partial charge is 0.383 e. The summed E-state index contributed by atoms with van der Waals surface area (Å²) in [6, 6.07) is 2.21. The zero-order valence-electron chi connectivity index (χ0n) is 9.68. The van der Waals surface area contributed by atoms with Crippen LogP contribution in [0.2, 0.25) is 0 Å². The van der Waals surface area contributed by atoms with Gasteiger partial charge in [0.1, 0.15) is 17.3 Å². The van der Waals surface area contributed by atoms with E-state index in [0.29, 0.717) is 5.92 Å². The Hall–Kier alpha value is -1.65. The van der Waals surface area contributed by atoms with Gasteiger partial charge in [0.05, 0.1) is 0 Å². The number of amides is 1. The molecule has 1 aromatic rings. The van der Waals surface area contributed by atoms with E-state index in [4.69, 9.17) is 0 Å². The molecular weight excluding hydrogens is 226 g/mol. The lowest BCUT2D eigenvalue weighted by Crippen LogP contribution is -2.26. The third-order valence-corrected chi connectivity index (χ3v) is 2.98. The van der Waals surface area contributed by atoms with Crippen LogP contribution in [0.1, 0.15) is 23.7 Å². The van der Waals surface area contributed by atoms with Crippen molar-refractivity contribution in [2.45, 2.75) is 19.4 Å². The highest BCUT2D eigenvalue weighted by molar-refractivity contribution is 5.95. The zero-order chi connectivity index (χ0) is 12.6. The maximum Gasteiger partial charge on any atom is 0.251 e. The average molecular weight is 240 g/mol. The van der Waals surface area contributed by atoms with Crippen molar-refractivity contribution in [3.8, 4) is 0 Å². The second-order valence-electron chi connectivity index (χ2n) is 4.36. The molecule has 2 N–H and O–H groups in total. The number of carbonyl (C=O) groups is 1. The van der Waals surface area contributed by atoms with E-state index in [1.165, 1.54) is 7.05 Å². The van der Waals surface area contributed by atoms with Crippen molar-refractivity contribution in [3.05, 3.63) is 29.3 Å². The summed E-state index contributed by atoms with van der Waals surface area (Å²) in [6.07, 6.45) is 0.922. The highest BCUT2D eigenvalue weighted by atomic mass is 19.1. The van der Waals surface area contributed by atoms with Gasteiger partial charge >= 0.3 is 0 Å². The molecule has 1 aromatic carbocycles. The predicted octanol–water partition coefficient (Wildman–Crippen LogP) is 2.14. The van der Waals surface area contributed by atoms with Crippen LogP contribution in [0.3, 0.4) is 0 Å². The van der Waals surface area contributed by atoms with Crippen LogP contribution in [0.15, 0.2) is 12.1 Å². The molecule has 2 rings (SSSR count). The summed E-state index contributed by atoms with van der Waals surface area (Å²) >= 11 is 0. The minimum atomic E-state index is -0.763. The molecule has 1 fully saturated rings. The molecule has 0 aliphatic heterocycles. The van der Waals surface area contributed by atoms with Crippen LogP contribution < -0.4 is 10.6 Å². The fourth-order valence-electron chi connectivity index (χ4n) is 1.72. The first-order valence-electron chi connectivity index (χ1n) is 5.50. The molecule has 1 saturated carbocycles. The molecule has 0 spiro atoms. The Kier molecular flexibility index (Phi) is 3.00. The third-order valence-electron chi connectivity index (χ3n) is 2.98. The molecule has 1 aliphatic rings. The first-order valence-corrected chi connectivity index (χ1v) is 5.50. The molecule has 92 valence electrons. The topological polar surface area (TPSA) is 41.1 Å². The van der Waals surface area contributed by atoms with Crippen LogP contribution in [-0.4, -0.2) is 19.0 Å². The second kappa shape index (κ2) is 4.31. The molecule has 1 aliphatic carbocycles. The van der Waals surface area contributed by atoms with E-state index >= 15 is 0 Å². The van der Waals surface area contributed by atoms with E-state index in [9.17, 15) is 13.6 Å². The molecular formula is C12H14F2N2O. The third kappa shape index (κ3) is 2.38. The maximum atomic E-state index is 13.4. The SMILES string of the molecule is CNc1c(F)cc(C(=O)NC2CC2C)cc1F. The normalized spacial score (nSPS) is 22.1. The number of halogens is 2. The predicted molar refractivity (Wildman–Crippen MR) is 60.9 cm³/mol. The number of anilines is 1. The van der Waals surface area contributed by atoms with Crippen molar-refractivity contribution in [1.29, 1.82) is 0 Å². The lowest BCUT2D eigenvalue weighted by molar-refractivity contribution is 0.0948. The van der Waals surface area contributed by atoms with Crippen LogP contribution in [0.5, 0.6) is 0 Å². The Morgan fingerprint density at radius 2 is 1.88 bits per heavy atom. The van der Waals surface area contributed by atoms with Gasteiger partial charge in [-0.05, 0) is 24.5 Å². The van der Waals surface area contributed by atoms with E-state index in [-0.39, 0.29) is 17.3 Å². The highest BCUT2D eigenvalue weighted by Gasteiger charge is 2.34. The molecule has 0 heterocycles. The van der Waals surface area contributed by atoms with Crippen LogP contribution in [0, 0.1) is 17.6 Å². The molecule has 2 atom stereocenters. The molecule has 5 heteroatoms. The van der Waals surface area contributed by atoms with E-state index in [1.54, 1.807) is 0 Å². The number of rotatable bonds is 3. The minimum absolute atomic E-state index is 0.0121. The van der Waals surface area contributed by atoms with Crippen molar-refractivity contribution < 1.29 is 13.6 Å². The summed E-state index contributed by atoms with van der Waals surface area (Å²) < 4.78 is 26.8. The van der Waals surface area contributed by atoms with Gasteiger partial charge in [-0.15, -0.1) is 0 Å². The van der Waals surface area contributed by atoms with Crippen LogP contribution in [-0.2, 0) is 0 Å². The summed E-state index contributed by atoms with van der Waals surface area (Å²) in [5, 5.41) is 5.13. The summed E-state index contributed by atoms with van der Waals surface area (Å²) in [7, 11) is 1.42. The van der Waals surface area contributed by atoms with E-state index in [0.717, 1.165) is 18.6 Å². The van der Waals surface area contributed by atoms with Crippen LogP contribution in [0.4, 0.5) is 14.5 Å². The maximum absolute atomic E-state index is 13.4. The monoisotopic (exact) mass is 240 g/mol. The smallest absolute Gasteiger partial charge is 0.251 e. The summed E-state index contributed by atoms with van der Waals surface area (Å²) in [4.78, 5) is 11.7. The van der Waals surface area contributed by atoms with Gasteiger partial charge in [0.15, 0.2) is 0 Å². The first-order chi connectivity index (χ1) is 8.02. The summed E-state index contributed by atoms with van der Waals surface area (Å²) in [6.45, 7) is 2.01. The van der Waals surface area contributed by atoms with E-state index in [2.05, 4.69) is 10.6 Å². The molecule has 17 heavy (non-hydrogen) atoms. The van der Waals surface area contributed by atoms with Crippen LogP contribution >= 0.6 is 0 Å². The Morgan fingerprint density at radius 3 is 2.29 bits per heavy atom. The fourth-order valence-corrected chi connectivity index (χ4v) is 1.72. The molecule has 3 nitrogen and oxygen atoms in total. The number of hydrogen-bond acceptors (Lipinski definition) is 2. The standard InChI is InChI=1S/C12H14F2N2O/c1-6-3-10(6)16-12(17)7-4-8(13)11(15-2)9(14)5-7/h4-6,10,15H,3H2,1-2H3,(H,16,17). The van der Waals surface area contributed by atoms with Crippen molar-refractivity contribution in [1.82, 2.24) is 5.32 Å². The van der Waals surface area contributed by atoms with Crippen molar-refractivity contribution >= 4 is 11.6 Å². The van der Waals surface area contributed by atoms with Crippen molar-refractivity contribution in [2.24, 2.45) is 5.92 Å². The Labute approximate surface area is 98.2 Å². The van der Waals surface area contributed by atoms with Gasteiger partial charge in [-0.2, -0.15) is 0 Å². The van der Waals surface area contributed by atoms with Crippen molar-refractivity contribution in [3.63, 3.8) is 0 Å². The molecule has 0 saturated heterocycles. The second-order valence-corrected chi connectivity index (χ2v) is 4.36. The molecule has 1 amide bonds. The van der Waals surface area contributed by atoms with Gasteiger partial charge in [0.2, 0.25) is 0 Å². The first kappa shape index (κ1) is 11.8. The lowest BCUT2D eigenvalue weighted by atomic mass is 10.1. The summed E-state index contributed by atoms with van der Waals surface area (Å²) in [5.41, 5.74) is -0.209. The fraction of sp³-hybridized carbons (Fsp3) is 0.417. The van der Waals surface area contributed by atoms with Crippen molar-refractivity contribution in [2.75, 3.05) is 12.4 Å². The van der Waals surface area contributed by atoms with E-state index < -0.39 is 17.5 Å².